The number of methoxy groups -OCH3 is 2. The van der Waals surface area contributed by atoms with Crippen molar-refractivity contribution >= 4 is 75.2 Å². The Kier molecular flexibility index (Phi) is 25.4. The van der Waals surface area contributed by atoms with E-state index in [-0.39, 0.29) is 36.7 Å². The van der Waals surface area contributed by atoms with E-state index >= 15 is 0 Å². The van der Waals surface area contributed by atoms with Gasteiger partial charge in [0.05, 0.1) is 19.3 Å². The smallest absolute Gasteiger partial charge is 0.328 e. The number of carbonyl (C=O) groups is 3. The molecule has 1 aromatic heterocycles. The number of rotatable bonds is 18. The summed E-state index contributed by atoms with van der Waals surface area (Å²) in [6.07, 6.45) is 1.60. The number of carbonyl (C=O) groups excluding carboxylic acids is 3. The van der Waals surface area contributed by atoms with Gasteiger partial charge in [-0.3, -0.25) is 14.5 Å². The summed E-state index contributed by atoms with van der Waals surface area (Å²) < 4.78 is 10.1. The van der Waals surface area contributed by atoms with Gasteiger partial charge in [0, 0.05) is 43.4 Å². The Labute approximate surface area is 374 Å². The van der Waals surface area contributed by atoms with Gasteiger partial charge in [-0.15, -0.1) is 11.3 Å². The van der Waals surface area contributed by atoms with E-state index in [1.165, 1.54) is 65.9 Å². The van der Waals surface area contributed by atoms with Gasteiger partial charge in [-0.2, -0.15) is 0 Å². The van der Waals surface area contributed by atoms with Crippen molar-refractivity contribution in [2.75, 3.05) is 61.2 Å². The van der Waals surface area contributed by atoms with Crippen molar-refractivity contribution in [1.82, 2.24) is 20.9 Å². The lowest BCUT2D eigenvalue weighted by Gasteiger charge is -2.30. The molecule has 0 aliphatic rings. The average Bonchev–Trinajstić information content (AvgIpc) is 3.69. The Morgan fingerprint density at radius 2 is 1.52 bits per heavy atom. The molecule has 0 spiro atoms. The van der Waals surface area contributed by atoms with Crippen molar-refractivity contribution in [3.05, 3.63) is 90.4 Å². The van der Waals surface area contributed by atoms with Crippen LogP contribution in [0.2, 0.25) is 4.47 Å². The summed E-state index contributed by atoms with van der Waals surface area (Å²) in [4.78, 5) is 72.2. The number of nitro groups is 1. The number of ether oxygens (including phenoxy) is 2. The number of thiazole rings is 1. The van der Waals surface area contributed by atoms with E-state index in [2.05, 4.69) is 46.7 Å². The summed E-state index contributed by atoms with van der Waals surface area (Å²) in [7, 11) is 10.0. The van der Waals surface area contributed by atoms with E-state index in [0.29, 0.717) is 39.3 Å². The number of likely N-dealkylation sites (N-methyl/N-ethyl adjacent to an activating group) is 1. The number of esters is 1. The minimum atomic E-state index is -0.779. The zero-order valence-electron chi connectivity index (χ0n) is 37.2. The van der Waals surface area contributed by atoms with E-state index in [1.807, 2.05) is 38.1 Å². The number of benzene rings is 2. The van der Waals surface area contributed by atoms with E-state index < -0.39 is 17.0 Å². The predicted molar refractivity (Wildman–Crippen MR) is 241 cm³/mol. The number of aromatic nitrogens is 1. The molecule has 3 N–H and O–H groups in total. The number of oxime groups is 4. The normalized spacial score (nSPS) is 12.2. The molecule has 0 bridgehead atoms. The molecule has 0 saturated heterocycles. The molecule has 63 heavy (non-hydrogen) atoms. The van der Waals surface area contributed by atoms with Crippen LogP contribution in [0.5, 0.6) is 0 Å². The fourth-order valence-electron chi connectivity index (χ4n) is 5.19. The number of para-hydroxylation sites is 1. The second-order valence-electron chi connectivity index (χ2n) is 12.3. The van der Waals surface area contributed by atoms with Crippen molar-refractivity contribution in [2.24, 2.45) is 25.7 Å². The lowest BCUT2D eigenvalue weighted by Crippen LogP contribution is -2.46. The SMILES string of the molecule is CN/C(=N\[N+](=O)[O-])NCc1cnc(Cl)s1.CNC(=O)/C(=N/OC)c1ccccc1CO/N=C(C)/C(=N/OC)C(/C)=N/OC.COCC(=O)N(c1c(C)cccc1C)C(C)C(=O)OC. The Balaban J connectivity index is 0.000000497. The first-order valence-electron chi connectivity index (χ1n) is 18.5. The minimum absolute atomic E-state index is 0.0875. The quantitative estimate of drug-likeness (QED) is 0.0531. The van der Waals surface area contributed by atoms with Crippen LogP contribution in [0, 0.1) is 24.0 Å². The van der Waals surface area contributed by atoms with Crippen LogP contribution in [-0.2, 0) is 56.4 Å². The van der Waals surface area contributed by atoms with E-state index in [4.69, 9.17) is 40.4 Å². The van der Waals surface area contributed by atoms with Crippen LogP contribution in [0.15, 0.2) is 74.4 Å². The number of hydrogen-bond donors (Lipinski definition) is 3. The number of hydrazone groups is 1. The third kappa shape index (κ3) is 18.4. The maximum Gasteiger partial charge on any atom is 0.328 e. The molecule has 1 unspecified atom stereocenters. The maximum atomic E-state index is 12.3. The summed E-state index contributed by atoms with van der Waals surface area (Å²) >= 11 is 6.92. The molecule has 2 amide bonds. The Hall–Kier alpha value is -6.72. The highest BCUT2D eigenvalue weighted by molar-refractivity contribution is 7.15. The molecule has 1 atom stereocenters. The van der Waals surface area contributed by atoms with Crippen LogP contribution in [0.4, 0.5) is 5.69 Å². The summed E-state index contributed by atoms with van der Waals surface area (Å²) in [6.45, 7) is 9.23. The fraction of sp³-hybridized carbons (Fsp3) is 0.410. The molecular formula is C39H54ClN11O11S. The first-order chi connectivity index (χ1) is 30.0. The van der Waals surface area contributed by atoms with Gasteiger partial charge in [-0.1, -0.05) is 74.7 Å². The topological polar surface area (TPSA) is 264 Å². The van der Waals surface area contributed by atoms with Gasteiger partial charge in [-0.05, 0) is 45.7 Å². The lowest BCUT2D eigenvalue weighted by molar-refractivity contribution is -0.485. The standard InChI is InChI=1S/C18H25N5O5.C15H21NO4.C6H8ClN5O2S/c1-12(20-25-4)16(22-26-5)13(2)21-28-11-14-9-7-8-10-15(14)17(23-27-6)18(24)19-3;1-10-7-6-8-11(2)14(10)16(13(17)9-19-4)12(3)15(18)20-5;1-8-6(11-12(13)14)10-3-4-2-9-5(7)15-4/h7-10H,11H2,1-6H3,(H,19,24);6-8,12H,9H2,1-5H3;2H,3H2,1H3,(H2,8,10,11)/b20-12+,21-13+,22-16+,23-17+;;. The lowest BCUT2D eigenvalue weighted by atomic mass is 10.0. The molecular weight excluding hydrogens is 866 g/mol. The molecule has 0 fully saturated rings. The number of nitrogens with one attached hydrogen (secondary N) is 3. The Bertz CT molecular complexity index is 2110. The van der Waals surface area contributed by atoms with E-state index in [0.717, 1.165) is 21.7 Å². The van der Waals surface area contributed by atoms with Crippen molar-refractivity contribution < 1.29 is 48.2 Å². The van der Waals surface area contributed by atoms with Gasteiger partial charge in [0.1, 0.15) is 57.1 Å². The summed E-state index contributed by atoms with van der Waals surface area (Å²) in [5, 5.41) is 35.8. The molecule has 1 heterocycles. The molecule has 24 heteroatoms. The molecule has 344 valence electrons. The Morgan fingerprint density at radius 1 is 0.905 bits per heavy atom. The molecule has 22 nitrogen and oxygen atoms in total. The average molecular weight is 920 g/mol. The highest BCUT2D eigenvalue weighted by atomic mass is 35.5. The molecule has 3 aromatic rings. The summed E-state index contributed by atoms with van der Waals surface area (Å²) in [6, 6.07) is 12.2. The van der Waals surface area contributed by atoms with Crippen molar-refractivity contribution in [3.63, 3.8) is 0 Å². The van der Waals surface area contributed by atoms with Crippen molar-refractivity contribution in [2.45, 2.75) is 53.8 Å². The predicted octanol–water partition coefficient (Wildman–Crippen LogP) is 4.20. The molecule has 0 aliphatic heterocycles. The minimum Gasteiger partial charge on any atom is -0.467 e. The van der Waals surface area contributed by atoms with Gasteiger partial charge in [-0.25, -0.2) is 19.9 Å². The number of halogens is 1. The fourth-order valence-corrected chi connectivity index (χ4v) is 6.11. The largest absolute Gasteiger partial charge is 0.467 e. The highest BCUT2D eigenvalue weighted by Crippen LogP contribution is 2.27. The second kappa shape index (κ2) is 29.5. The van der Waals surface area contributed by atoms with Crippen molar-refractivity contribution in [3.8, 4) is 0 Å². The first kappa shape index (κ1) is 54.3. The van der Waals surface area contributed by atoms with Crippen LogP contribution in [0.25, 0.3) is 0 Å². The molecule has 0 saturated carbocycles. The highest BCUT2D eigenvalue weighted by Gasteiger charge is 2.30. The molecule has 3 rings (SSSR count). The number of guanidine groups is 1. The summed E-state index contributed by atoms with van der Waals surface area (Å²) in [5.41, 5.74) is 5.27. The van der Waals surface area contributed by atoms with E-state index in [1.54, 1.807) is 45.2 Å². The van der Waals surface area contributed by atoms with Gasteiger partial charge >= 0.3 is 5.97 Å². The molecule has 0 aliphatic carbocycles. The zero-order valence-corrected chi connectivity index (χ0v) is 38.7. The third-order valence-corrected chi connectivity index (χ3v) is 9.05. The van der Waals surface area contributed by atoms with Crippen LogP contribution in [0.1, 0.15) is 47.9 Å². The number of hydrogen-bond acceptors (Lipinski definition) is 17. The number of aryl methyl sites for hydroxylation is 2. The zero-order chi connectivity index (χ0) is 47.5. The Morgan fingerprint density at radius 3 is 2.05 bits per heavy atom. The van der Waals surface area contributed by atoms with Crippen LogP contribution >= 0.6 is 22.9 Å². The van der Waals surface area contributed by atoms with E-state index in [9.17, 15) is 24.5 Å². The van der Waals surface area contributed by atoms with Crippen LogP contribution in [-0.4, -0.2) is 119 Å². The number of nitrogens with zero attached hydrogens (tertiary/aromatic N) is 8. The molecule has 2 aromatic carbocycles. The first-order valence-corrected chi connectivity index (χ1v) is 19.7. The number of amides is 2. The van der Waals surface area contributed by atoms with Crippen LogP contribution < -0.4 is 20.9 Å². The van der Waals surface area contributed by atoms with Crippen molar-refractivity contribution in [1.29, 1.82) is 0 Å². The molecule has 0 radical (unpaired) electrons. The van der Waals surface area contributed by atoms with Gasteiger partial charge in [0.2, 0.25) is 0 Å². The van der Waals surface area contributed by atoms with Gasteiger partial charge in [0.25, 0.3) is 17.8 Å². The third-order valence-electron chi connectivity index (χ3n) is 7.94. The number of anilines is 1. The van der Waals surface area contributed by atoms with Crippen LogP contribution in [0.3, 0.4) is 0 Å². The van der Waals surface area contributed by atoms with Gasteiger partial charge < -0.3 is 44.8 Å². The second-order valence-corrected chi connectivity index (χ2v) is 14.0. The summed E-state index contributed by atoms with van der Waals surface area (Å²) in [5.74, 6) is -1.03. The monoisotopic (exact) mass is 919 g/mol. The maximum absolute atomic E-state index is 12.3. The van der Waals surface area contributed by atoms with Gasteiger partial charge in [0.15, 0.2) is 20.9 Å².